The number of rotatable bonds is 6. The number of hydrogen-bond donors (Lipinski definition) is 0. The molecule has 0 saturated carbocycles. The van der Waals surface area contributed by atoms with Gasteiger partial charge in [0.1, 0.15) is 12.2 Å². The Kier molecular flexibility index (Phi) is 5.39. The van der Waals surface area contributed by atoms with Crippen LogP contribution in [0, 0.1) is 10.1 Å². The molecule has 0 aliphatic carbocycles. The Balaban J connectivity index is 1.95. The van der Waals surface area contributed by atoms with Crippen molar-refractivity contribution in [3.05, 3.63) is 79.7 Å². The summed E-state index contributed by atoms with van der Waals surface area (Å²) in [7, 11) is 1.19. The molecule has 0 N–H and O–H groups in total. The molecule has 8 nitrogen and oxygen atoms in total. The van der Waals surface area contributed by atoms with Crippen LogP contribution in [0.3, 0.4) is 0 Å². The summed E-state index contributed by atoms with van der Waals surface area (Å²) >= 11 is 0. The zero-order valence-electron chi connectivity index (χ0n) is 15.3. The summed E-state index contributed by atoms with van der Waals surface area (Å²) in [6.07, 6.45) is 0.791. The average Bonchev–Trinajstić information content (AvgIpc) is 2.70. The van der Waals surface area contributed by atoms with E-state index >= 15 is 0 Å². The molecule has 0 fully saturated rings. The van der Waals surface area contributed by atoms with E-state index < -0.39 is 16.5 Å². The number of aryl methyl sites for hydroxylation is 1. The molecule has 8 heteroatoms. The minimum absolute atomic E-state index is 0.0239. The predicted octanol–water partition coefficient (Wildman–Crippen LogP) is 3.63. The van der Waals surface area contributed by atoms with E-state index in [4.69, 9.17) is 9.15 Å². The fraction of sp³-hybridized carbons (Fsp3) is 0.200. The van der Waals surface area contributed by atoms with Gasteiger partial charge in [-0.05, 0) is 30.2 Å². The number of hydrogen-bond acceptors (Lipinski definition) is 7. The number of carbonyl (C=O) groups is 1. The molecule has 0 aliphatic rings. The lowest BCUT2D eigenvalue weighted by Crippen LogP contribution is -2.06. The van der Waals surface area contributed by atoms with E-state index in [-0.39, 0.29) is 23.6 Å². The summed E-state index contributed by atoms with van der Waals surface area (Å²) in [5.41, 5.74) is 1.13. The van der Waals surface area contributed by atoms with Crippen LogP contribution in [-0.4, -0.2) is 18.0 Å². The zero-order chi connectivity index (χ0) is 20.3. The highest BCUT2D eigenvalue weighted by molar-refractivity contribution is 5.90. The largest absolute Gasteiger partial charge is 0.482 e. The van der Waals surface area contributed by atoms with Gasteiger partial charge in [-0.15, -0.1) is 0 Å². The number of ether oxygens (including phenoxy) is 2. The van der Waals surface area contributed by atoms with Gasteiger partial charge in [0.25, 0.3) is 0 Å². The van der Waals surface area contributed by atoms with Crippen molar-refractivity contribution in [3.63, 3.8) is 0 Å². The first-order valence-electron chi connectivity index (χ1n) is 8.48. The van der Waals surface area contributed by atoms with Crippen LogP contribution in [0.4, 0.5) is 5.69 Å². The number of nitro benzene ring substituents is 1. The average molecular weight is 383 g/mol. The fourth-order valence-electron chi connectivity index (χ4n) is 2.80. The van der Waals surface area contributed by atoms with Crippen LogP contribution in [0.1, 0.15) is 28.4 Å². The van der Waals surface area contributed by atoms with Crippen molar-refractivity contribution in [1.29, 1.82) is 0 Å². The van der Waals surface area contributed by atoms with Crippen LogP contribution < -0.4 is 10.4 Å². The van der Waals surface area contributed by atoms with Crippen LogP contribution in [-0.2, 0) is 17.8 Å². The maximum atomic E-state index is 11.9. The standard InChI is InChI=1S/C20H17NO7/c1-3-12-4-6-15-14(10-19(22)28-18(15)8-12)11-27-17-7-5-13(20(23)26-2)9-16(17)21(24)25/h4-10H,3,11H2,1-2H3. The van der Waals surface area contributed by atoms with Gasteiger partial charge in [-0.2, -0.15) is 0 Å². The molecule has 0 saturated heterocycles. The maximum absolute atomic E-state index is 11.9. The van der Waals surface area contributed by atoms with E-state index in [1.165, 1.54) is 25.3 Å². The Bertz CT molecular complexity index is 1120. The molecule has 3 rings (SSSR count). The molecule has 144 valence electrons. The first-order chi connectivity index (χ1) is 13.4. The van der Waals surface area contributed by atoms with Crippen LogP contribution in [0.2, 0.25) is 0 Å². The number of methoxy groups -OCH3 is 1. The summed E-state index contributed by atoms with van der Waals surface area (Å²) in [5, 5.41) is 12.0. The van der Waals surface area contributed by atoms with Gasteiger partial charge in [0.05, 0.1) is 17.6 Å². The third kappa shape index (κ3) is 3.85. The van der Waals surface area contributed by atoms with Crippen molar-refractivity contribution in [2.24, 2.45) is 0 Å². The summed E-state index contributed by atoms with van der Waals surface area (Å²) in [4.78, 5) is 34.1. The molecule has 1 aromatic heterocycles. The molecule has 0 aliphatic heterocycles. The van der Waals surface area contributed by atoms with E-state index in [0.29, 0.717) is 16.5 Å². The second-order valence-electron chi connectivity index (χ2n) is 5.99. The molecule has 2 aromatic carbocycles. The lowest BCUT2D eigenvalue weighted by molar-refractivity contribution is -0.386. The lowest BCUT2D eigenvalue weighted by Gasteiger charge is -2.10. The Labute approximate surface area is 159 Å². The summed E-state index contributed by atoms with van der Waals surface area (Å²) in [6, 6.07) is 10.6. The van der Waals surface area contributed by atoms with Crippen molar-refractivity contribution in [3.8, 4) is 5.75 Å². The fourth-order valence-corrected chi connectivity index (χ4v) is 2.80. The van der Waals surface area contributed by atoms with Gasteiger partial charge in [-0.1, -0.05) is 19.1 Å². The number of carbonyl (C=O) groups excluding carboxylic acids is 1. The minimum Gasteiger partial charge on any atom is -0.482 e. The van der Waals surface area contributed by atoms with E-state index in [2.05, 4.69) is 4.74 Å². The third-order valence-electron chi connectivity index (χ3n) is 4.26. The zero-order valence-corrected chi connectivity index (χ0v) is 15.3. The molecule has 3 aromatic rings. The van der Waals surface area contributed by atoms with Gasteiger partial charge in [-0.25, -0.2) is 9.59 Å². The second kappa shape index (κ2) is 7.91. The third-order valence-corrected chi connectivity index (χ3v) is 4.26. The number of benzene rings is 2. The normalized spacial score (nSPS) is 10.6. The first-order valence-corrected chi connectivity index (χ1v) is 8.48. The van der Waals surface area contributed by atoms with Gasteiger partial charge >= 0.3 is 17.3 Å². The first kappa shape index (κ1) is 19.1. The van der Waals surface area contributed by atoms with Crippen molar-refractivity contribution >= 4 is 22.6 Å². The van der Waals surface area contributed by atoms with Crippen molar-refractivity contribution < 1.29 is 23.6 Å². The van der Waals surface area contributed by atoms with E-state index in [0.717, 1.165) is 18.1 Å². The molecular formula is C20H17NO7. The number of nitro groups is 1. The van der Waals surface area contributed by atoms with Gasteiger partial charge in [0.2, 0.25) is 0 Å². The van der Waals surface area contributed by atoms with Crippen LogP contribution in [0.25, 0.3) is 11.0 Å². The number of fused-ring (bicyclic) bond motifs is 1. The highest BCUT2D eigenvalue weighted by Crippen LogP contribution is 2.30. The molecule has 1 heterocycles. The second-order valence-corrected chi connectivity index (χ2v) is 5.99. The van der Waals surface area contributed by atoms with Gasteiger partial charge < -0.3 is 13.9 Å². The quantitative estimate of drug-likeness (QED) is 0.277. The van der Waals surface area contributed by atoms with Crippen molar-refractivity contribution in [2.75, 3.05) is 7.11 Å². The monoisotopic (exact) mass is 383 g/mol. The van der Waals surface area contributed by atoms with Crippen LogP contribution in [0.15, 0.2) is 51.7 Å². The van der Waals surface area contributed by atoms with Gasteiger partial charge in [-0.3, -0.25) is 10.1 Å². The Morgan fingerprint density at radius 3 is 2.64 bits per heavy atom. The maximum Gasteiger partial charge on any atom is 0.338 e. The summed E-state index contributed by atoms with van der Waals surface area (Å²) < 4.78 is 15.4. The Morgan fingerprint density at radius 2 is 1.96 bits per heavy atom. The molecule has 28 heavy (non-hydrogen) atoms. The SMILES string of the molecule is CCc1ccc2c(COc3ccc(C(=O)OC)cc3[N+](=O)[O-])cc(=O)oc2c1. The molecule has 0 bridgehead atoms. The van der Waals surface area contributed by atoms with Crippen molar-refractivity contribution in [2.45, 2.75) is 20.0 Å². The lowest BCUT2D eigenvalue weighted by atomic mass is 10.1. The van der Waals surface area contributed by atoms with Gasteiger partial charge in [0.15, 0.2) is 5.75 Å². The smallest absolute Gasteiger partial charge is 0.338 e. The van der Waals surface area contributed by atoms with E-state index in [1.807, 2.05) is 19.1 Å². The molecule has 0 spiro atoms. The molecular weight excluding hydrogens is 366 g/mol. The summed E-state index contributed by atoms with van der Waals surface area (Å²) in [5.74, 6) is -0.711. The molecule has 0 amide bonds. The number of nitrogens with zero attached hydrogens (tertiary/aromatic N) is 1. The predicted molar refractivity (Wildman–Crippen MR) is 101 cm³/mol. The number of esters is 1. The topological polar surface area (TPSA) is 109 Å². The van der Waals surface area contributed by atoms with E-state index in [9.17, 15) is 19.7 Å². The van der Waals surface area contributed by atoms with E-state index in [1.54, 1.807) is 6.07 Å². The van der Waals surface area contributed by atoms with Crippen LogP contribution in [0.5, 0.6) is 5.75 Å². The minimum atomic E-state index is -0.687. The summed E-state index contributed by atoms with van der Waals surface area (Å²) in [6.45, 7) is 1.91. The van der Waals surface area contributed by atoms with Crippen LogP contribution >= 0.6 is 0 Å². The highest BCUT2D eigenvalue weighted by atomic mass is 16.6. The highest BCUT2D eigenvalue weighted by Gasteiger charge is 2.20. The van der Waals surface area contributed by atoms with Crippen molar-refractivity contribution in [1.82, 2.24) is 0 Å². The molecule has 0 radical (unpaired) electrons. The molecule has 0 atom stereocenters. The molecule has 0 unspecified atom stereocenters. The Hall–Kier alpha value is -3.68. The van der Waals surface area contributed by atoms with Gasteiger partial charge in [0, 0.05) is 23.1 Å². The Morgan fingerprint density at radius 1 is 1.18 bits per heavy atom.